The molecule has 0 spiro atoms. The summed E-state index contributed by atoms with van der Waals surface area (Å²) < 4.78 is 4.82. The number of rotatable bonds is 3. The maximum Gasteiger partial charge on any atom is 0.341 e. The first kappa shape index (κ1) is 11.8. The minimum absolute atomic E-state index is 0.0381. The van der Waals surface area contributed by atoms with E-state index in [1.165, 1.54) is 31.2 Å². The second kappa shape index (κ2) is 4.28. The molecular weight excluding hydrogens is 240 g/mol. The Labute approximate surface area is 101 Å². The van der Waals surface area contributed by atoms with Gasteiger partial charge in [0.2, 0.25) is 0 Å². The van der Waals surface area contributed by atoms with Gasteiger partial charge >= 0.3 is 5.97 Å². The van der Waals surface area contributed by atoms with Gasteiger partial charge in [0.1, 0.15) is 17.0 Å². The lowest BCUT2D eigenvalue weighted by atomic mass is 10.1. The molecule has 0 aliphatic heterocycles. The van der Waals surface area contributed by atoms with Crippen LogP contribution in [0, 0.1) is 17.0 Å². The summed E-state index contributed by atoms with van der Waals surface area (Å²) in [6, 6.07) is 5.43. The lowest BCUT2D eigenvalue weighted by molar-refractivity contribution is -0.384. The van der Waals surface area contributed by atoms with Gasteiger partial charge in [-0.2, -0.15) is 0 Å². The maximum absolute atomic E-state index is 11.0. The first-order valence-electron chi connectivity index (χ1n) is 4.95. The Kier molecular flexibility index (Phi) is 2.80. The van der Waals surface area contributed by atoms with Crippen molar-refractivity contribution in [3.63, 3.8) is 0 Å². The van der Waals surface area contributed by atoms with Crippen LogP contribution in [0.5, 0.6) is 0 Å². The number of aryl methyl sites for hydroxylation is 1. The average molecular weight is 248 g/mol. The fraction of sp³-hybridized carbons (Fsp3) is 0.0909. The van der Waals surface area contributed by atoms with E-state index in [-0.39, 0.29) is 22.7 Å². The number of carboxylic acid groups (broad SMARTS) is 1. The summed E-state index contributed by atoms with van der Waals surface area (Å²) >= 11 is 0. The van der Waals surface area contributed by atoms with Crippen molar-refractivity contribution in [2.24, 2.45) is 0 Å². The Hall–Kier alpha value is -2.70. The highest BCUT2D eigenvalue weighted by Gasteiger charge is 2.21. The summed E-state index contributed by atoms with van der Waals surface area (Å²) in [4.78, 5) is 21.0. The molecule has 2 rings (SSSR count). The van der Waals surface area contributed by atoms with E-state index in [9.17, 15) is 14.9 Å². The second-order valence-corrected chi connectivity index (χ2v) is 3.57. The molecule has 92 valence electrons. The fourth-order valence-electron chi connectivity index (χ4n) is 1.56. The summed E-state index contributed by atoms with van der Waals surface area (Å²) in [7, 11) is 0. The van der Waals surface area contributed by atoms with Gasteiger partial charge in [-0.05, 0) is 19.1 Å². The third kappa shape index (κ3) is 1.93. The Balaban J connectivity index is 2.49. The van der Waals surface area contributed by atoms with Crippen molar-refractivity contribution in [1.29, 1.82) is 0 Å². The number of aromatic nitrogens is 1. The largest absolute Gasteiger partial charge is 0.477 e. The van der Waals surface area contributed by atoms with Crippen LogP contribution in [0.15, 0.2) is 28.8 Å². The van der Waals surface area contributed by atoms with Crippen LogP contribution >= 0.6 is 0 Å². The van der Waals surface area contributed by atoms with E-state index in [0.717, 1.165) is 0 Å². The molecule has 0 radical (unpaired) electrons. The molecule has 2 aromatic rings. The molecule has 0 atom stereocenters. The number of nitro groups is 1. The minimum Gasteiger partial charge on any atom is -0.477 e. The molecule has 0 saturated carbocycles. The Morgan fingerprint density at radius 3 is 2.50 bits per heavy atom. The van der Waals surface area contributed by atoms with Crippen LogP contribution in [-0.2, 0) is 0 Å². The van der Waals surface area contributed by atoms with Gasteiger partial charge < -0.3 is 9.63 Å². The minimum atomic E-state index is -1.15. The second-order valence-electron chi connectivity index (χ2n) is 3.57. The van der Waals surface area contributed by atoms with Gasteiger partial charge in [-0.25, -0.2) is 4.79 Å². The molecule has 7 nitrogen and oxygen atoms in total. The van der Waals surface area contributed by atoms with E-state index >= 15 is 0 Å². The van der Waals surface area contributed by atoms with Crippen LogP contribution in [0.1, 0.15) is 16.1 Å². The average Bonchev–Trinajstić information content (AvgIpc) is 2.71. The molecule has 0 unspecified atom stereocenters. The molecule has 1 aromatic carbocycles. The Morgan fingerprint density at radius 1 is 1.39 bits per heavy atom. The van der Waals surface area contributed by atoms with Crippen molar-refractivity contribution in [2.45, 2.75) is 6.92 Å². The molecule has 0 fully saturated rings. The number of carbonyl (C=O) groups is 1. The SMILES string of the molecule is Cc1onc(-c2ccc([N+](=O)[O-])cc2)c1C(=O)O. The van der Waals surface area contributed by atoms with Gasteiger partial charge in [-0.3, -0.25) is 10.1 Å². The van der Waals surface area contributed by atoms with Crippen LogP contribution in [-0.4, -0.2) is 21.2 Å². The third-order valence-electron chi connectivity index (χ3n) is 2.43. The van der Waals surface area contributed by atoms with E-state index in [2.05, 4.69) is 5.16 Å². The van der Waals surface area contributed by atoms with Crippen LogP contribution in [0.2, 0.25) is 0 Å². The zero-order valence-corrected chi connectivity index (χ0v) is 9.28. The van der Waals surface area contributed by atoms with Crippen molar-refractivity contribution in [1.82, 2.24) is 5.16 Å². The molecule has 1 aromatic heterocycles. The van der Waals surface area contributed by atoms with Gasteiger partial charge in [0.05, 0.1) is 4.92 Å². The van der Waals surface area contributed by atoms with Crippen LogP contribution < -0.4 is 0 Å². The number of aromatic carboxylic acids is 1. The van der Waals surface area contributed by atoms with Crippen LogP contribution in [0.4, 0.5) is 5.69 Å². The monoisotopic (exact) mass is 248 g/mol. The normalized spacial score (nSPS) is 10.3. The van der Waals surface area contributed by atoms with E-state index in [4.69, 9.17) is 9.63 Å². The van der Waals surface area contributed by atoms with Gasteiger partial charge in [0.25, 0.3) is 5.69 Å². The van der Waals surface area contributed by atoms with Crippen molar-refractivity contribution < 1.29 is 19.3 Å². The first-order chi connectivity index (χ1) is 8.50. The highest BCUT2D eigenvalue weighted by molar-refractivity contribution is 5.95. The lowest BCUT2D eigenvalue weighted by Crippen LogP contribution is -1.99. The summed E-state index contributed by atoms with van der Waals surface area (Å²) in [6.45, 7) is 1.49. The number of carboxylic acids is 1. The predicted octanol–water partition coefficient (Wildman–Crippen LogP) is 2.26. The molecule has 1 heterocycles. The summed E-state index contributed by atoms with van der Waals surface area (Å²) in [5.74, 6) is -0.960. The zero-order valence-electron chi connectivity index (χ0n) is 9.28. The van der Waals surface area contributed by atoms with Crippen molar-refractivity contribution in [2.75, 3.05) is 0 Å². The molecule has 18 heavy (non-hydrogen) atoms. The molecule has 1 N–H and O–H groups in total. The highest BCUT2D eigenvalue weighted by atomic mass is 16.6. The number of nitro benzene ring substituents is 1. The number of hydrogen-bond acceptors (Lipinski definition) is 5. The third-order valence-corrected chi connectivity index (χ3v) is 2.43. The standard InChI is InChI=1S/C11H8N2O5/c1-6-9(11(14)15)10(12-18-6)7-2-4-8(5-3-7)13(16)17/h2-5H,1H3,(H,14,15). The first-order valence-corrected chi connectivity index (χ1v) is 4.95. The number of non-ortho nitro benzene ring substituents is 1. The predicted molar refractivity (Wildman–Crippen MR) is 60.3 cm³/mol. The lowest BCUT2D eigenvalue weighted by Gasteiger charge is -1.98. The summed E-state index contributed by atoms with van der Waals surface area (Å²) in [5, 5.41) is 23.2. The summed E-state index contributed by atoms with van der Waals surface area (Å²) in [5.41, 5.74) is 0.504. The fourth-order valence-corrected chi connectivity index (χ4v) is 1.56. The van der Waals surface area contributed by atoms with E-state index in [1.807, 2.05) is 0 Å². The molecule has 0 aliphatic rings. The van der Waals surface area contributed by atoms with Crippen molar-refractivity contribution in [3.8, 4) is 11.3 Å². The molecular formula is C11H8N2O5. The highest BCUT2D eigenvalue weighted by Crippen LogP contribution is 2.26. The van der Waals surface area contributed by atoms with Gasteiger partial charge in [-0.1, -0.05) is 5.16 Å². The number of nitrogens with zero attached hydrogens (tertiary/aromatic N) is 2. The molecule has 7 heteroatoms. The van der Waals surface area contributed by atoms with E-state index in [1.54, 1.807) is 0 Å². The molecule has 0 saturated heterocycles. The quantitative estimate of drug-likeness (QED) is 0.659. The van der Waals surface area contributed by atoms with E-state index < -0.39 is 10.9 Å². The van der Waals surface area contributed by atoms with E-state index in [0.29, 0.717) is 5.56 Å². The number of benzene rings is 1. The van der Waals surface area contributed by atoms with Crippen LogP contribution in [0.3, 0.4) is 0 Å². The van der Waals surface area contributed by atoms with Crippen molar-refractivity contribution in [3.05, 3.63) is 45.7 Å². The molecule has 0 bridgehead atoms. The topological polar surface area (TPSA) is 106 Å². The number of hydrogen-bond donors (Lipinski definition) is 1. The Bertz CT molecular complexity index is 615. The van der Waals surface area contributed by atoms with Crippen molar-refractivity contribution >= 4 is 11.7 Å². The molecule has 0 aliphatic carbocycles. The smallest absolute Gasteiger partial charge is 0.341 e. The van der Waals surface area contributed by atoms with Crippen LogP contribution in [0.25, 0.3) is 11.3 Å². The molecule has 0 amide bonds. The van der Waals surface area contributed by atoms with Gasteiger partial charge in [0, 0.05) is 17.7 Å². The summed E-state index contributed by atoms with van der Waals surface area (Å²) in [6.07, 6.45) is 0. The van der Waals surface area contributed by atoms with Gasteiger partial charge in [-0.15, -0.1) is 0 Å². The van der Waals surface area contributed by atoms with Gasteiger partial charge in [0.15, 0.2) is 0 Å². The zero-order chi connectivity index (χ0) is 13.3. The maximum atomic E-state index is 11.0. The Morgan fingerprint density at radius 2 is 2.00 bits per heavy atom.